The van der Waals surface area contributed by atoms with Gasteiger partial charge < -0.3 is 4.74 Å². The molecule has 128 valence electrons. The fraction of sp³-hybridized carbons (Fsp3) is 0.500. The number of carbonyl (C=O) groups excluding carboxylic acids is 2. The van der Waals surface area contributed by atoms with Gasteiger partial charge in [0.1, 0.15) is 0 Å². The summed E-state index contributed by atoms with van der Waals surface area (Å²) in [6.45, 7) is 4.32. The molecule has 0 aromatic rings. The zero-order valence-corrected chi connectivity index (χ0v) is 14.5. The Kier molecular flexibility index (Phi) is 15.1. The first-order valence-electron chi connectivity index (χ1n) is 8.62. The maximum Gasteiger partial charge on any atom is 0.338 e. The largest absolute Gasteiger partial charge is 0.387 e. The minimum absolute atomic E-state index is 0.648. The van der Waals surface area contributed by atoms with E-state index >= 15 is 0 Å². The van der Waals surface area contributed by atoms with Gasteiger partial charge >= 0.3 is 11.9 Å². The Morgan fingerprint density at radius 3 is 1.52 bits per heavy atom. The van der Waals surface area contributed by atoms with Gasteiger partial charge in [-0.3, -0.25) is 0 Å². The van der Waals surface area contributed by atoms with Gasteiger partial charge in [-0.15, -0.1) is 0 Å². The Balaban J connectivity index is 3.85. The van der Waals surface area contributed by atoms with Gasteiger partial charge in [-0.05, 0) is 25.7 Å². The van der Waals surface area contributed by atoms with E-state index in [0.29, 0.717) is 0 Å². The molecule has 0 unspecified atom stereocenters. The van der Waals surface area contributed by atoms with E-state index in [1.54, 1.807) is 24.3 Å². The van der Waals surface area contributed by atoms with Crippen molar-refractivity contribution in [2.45, 2.75) is 65.2 Å². The molecule has 23 heavy (non-hydrogen) atoms. The van der Waals surface area contributed by atoms with Gasteiger partial charge in [0.15, 0.2) is 0 Å². The maximum absolute atomic E-state index is 11.4. The van der Waals surface area contributed by atoms with E-state index in [-0.39, 0.29) is 0 Å². The summed E-state index contributed by atoms with van der Waals surface area (Å²) in [6, 6.07) is 0. The Hall–Kier alpha value is -1.90. The monoisotopic (exact) mass is 318 g/mol. The van der Waals surface area contributed by atoms with Gasteiger partial charge in [-0.1, -0.05) is 76.0 Å². The summed E-state index contributed by atoms with van der Waals surface area (Å²) in [5.74, 6) is -1.30. The predicted molar refractivity (Wildman–Crippen MR) is 95.9 cm³/mol. The number of allylic oxidation sites excluding steroid dienone is 6. The van der Waals surface area contributed by atoms with Crippen LogP contribution in [0.4, 0.5) is 0 Å². The molecule has 0 rings (SSSR count). The third-order valence-electron chi connectivity index (χ3n) is 3.11. The summed E-state index contributed by atoms with van der Waals surface area (Å²) in [5.41, 5.74) is 0. The van der Waals surface area contributed by atoms with Crippen molar-refractivity contribution in [1.82, 2.24) is 0 Å². The van der Waals surface area contributed by atoms with Crippen LogP contribution in [0.2, 0.25) is 0 Å². The Morgan fingerprint density at radius 1 is 0.696 bits per heavy atom. The average molecular weight is 318 g/mol. The van der Waals surface area contributed by atoms with E-state index in [2.05, 4.69) is 18.6 Å². The van der Waals surface area contributed by atoms with Gasteiger partial charge in [0, 0.05) is 12.2 Å². The van der Waals surface area contributed by atoms with Crippen molar-refractivity contribution in [3.8, 4) is 0 Å². The van der Waals surface area contributed by atoms with Gasteiger partial charge in [0.05, 0.1) is 0 Å². The average Bonchev–Trinajstić information content (AvgIpc) is 2.53. The zero-order valence-electron chi connectivity index (χ0n) is 14.5. The molecule has 0 saturated heterocycles. The third-order valence-corrected chi connectivity index (χ3v) is 3.11. The fourth-order valence-corrected chi connectivity index (χ4v) is 1.81. The molecule has 0 radical (unpaired) electrons. The van der Waals surface area contributed by atoms with Crippen LogP contribution in [0.5, 0.6) is 0 Å². The van der Waals surface area contributed by atoms with E-state index < -0.39 is 11.9 Å². The number of ether oxygens (including phenoxy) is 1. The zero-order chi connectivity index (χ0) is 17.2. The van der Waals surface area contributed by atoms with E-state index in [9.17, 15) is 9.59 Å². The number of carbonyl (C=O) groups is 2. The second-order valence-electron chi connectivity index (χ2n) is 5.31. The number of rotatable bonds is 12. The summed E-state index contributed by atoms with van der Waals surface area (Å²) in [4.78, 5) is 22.8. The SMILES string of the molecule is CCCCCC=CC=CC(=O)OC(=O)/C=C/C=C\CCCCC. The molecule has 3 heteroatoms. The topological polar surface area (TPSA) is 43.4 Å². The molecule has 0 amide bonds. The Bertz CT molecular complexity index is 388. The van der Waals surface area contributed by atoms with Gasteiger partial charge in [-0.25, -0.2) is 9.59 Å². The highest BCUT2D eigenvalue weighted by Gasteiger charge is 2.01. The smallest absolute Gasteiger partial charge is 0.338 e. The molecule has 0 N–H and O–H groups in total. The molecule has 0 bridgehead atoms. The summed E-state index contributed by atoms with van der Waals surface area (Å²) >= 11 is 0. The second kappa shape index (κ2) is 16.5. The summed E-state index contributed by atoms with van der Waals surface area (Å²) in [6.07, 6.45) is 22.4. The van der Waals surface area contributed by atoms with Crippen LogP contribution in [0.15, 0.2) is 48.6 Å². The highest BCUT2D eigenvalue weighted by atomic mass is 16.6. The lowest BCUT2D eigenvalue weighted by Gasteiger charge is -1.93. The molecule has 0 spiro atoms. The molecular weight excluding hydrogens is 288 g/mol. The van der Waals surface area contributed by atoms with Crippen molar-refractivity contribution >= 4 is 11.9 Å². The number of hydrogen-bond acceptors (Lipinski definition) is 3. The van der Waals surface area contributed by atoms with E-state index in [1.807, 2.05) is 12.2 Å². The van der Waals surface area contributed by atoms with E-state index in [0.717, 1.165) is 25.7 Å². The first-order valence-corrected chi connectivity index (χ1v) is 8.62. The van der Waals surface area contributed by atoms with Crippen LogP contribution < -0.4 is 0 Å². The number of esters is 2. The minimum Gasteiger partial charge on any atom is -0.387 e. The summed E-state index contributed by atoms with van der Waals surface area (Å²) in [5, 5.41) is 0. The maximum atomic E-state index is 11.4. The lowest BCUT2D eigenvalue weighted by molar-refractivity contribution is -0.152. The number of unbranched alkanes of at least 4 members (excludes halogenated alkanes) is 6. The summed E-state index contributed by atoms with van der Waals surface area (Å²) in [7, 11) is 0. The van der Waals surface area contributed by atoms with Crippen molar-refractivity contribution in [3.05, 3.63) is 48.6 Å². The van der Waals surface area contributed by atoms with Gasteiger partial charge in [-0.2, -0.15) is 0 Å². The Morgan fingerprint density at radius 2 is 1.13 bits per heavy atom. The molecular formula is C20H30O3. The van der Waals surface area contributed by atoms with Crippen LogP contribution in [-0.4, -0.2) is 11.9 Å². The van der Waals surface area contributed by atoms with Gasteiger partial charge in [0.2, 0.25) is 0 Å². The van der Waals surface area contributed by atoms with Crippen molar-refractivity contribution in [1.29, 1.82) is 0 Å². The first kappa shape index (κ1) is 21.1. The molecule has 3 nitrogen and oxygen atoms in total. The van der Waals surface area contributed by atoms with Crippen molar-refractivity contribution in [2.24, 2.45) is 0 Å². The highest BCUT2D eigenvalue weighted by molar-refractivity contribution is 5.96. The van der Waals surface area contributed by atoms with Crippen LogP contribution in [-0.2, 0) is 14.3 Å². The Labute approximate surface area is 140 Å². The molecule has 0 aliphatic rings. The van der Waals surface area contributed by atoms with Crippen molar-refractivity contribution in [3.63, 3.8) is 0 Å². The normalized spacial score (nSPS) is 12.1. The standard InChI is InChI=1S/C20H30O3/c1-3-5-7-9-11-13-15-17-19(21)23-20(22)18-16-14-12-10-8-6-4-2/h11-18H,3-10H2,1-2H3/b13-11-,14-12?,17-15+,18-16?. The van der Waals surface area contributed by atoms with Gasteiger partial charge in [0.25, 0.3) is 0 Å². The van der Waals surface area contributed by atoms with Crippen LogP contribution in [0.3, 0.4) is 0 Å². The fourth-order valence-electron chi connectivity index (χ4n) is 1.81. The van der Waals surface area contributed by atoms with E-state index in [1.165, 1.54) is 37.8 Å². The minimum atomic E-state index is -0.648. The van der Waals surface area contributed by atoms with Crippen molar-refractivity contribution < 1.29 is 14.3 Å². The third kappa shape index (κ3) is 16.3. The summed E-state index contributed by atoms with van der Waals surface area (Å²) < 4.78 is 4.62. The first-order chi connectivity index (χ1) is 11.2. The predicted octanol–water partition coefficient (Wildman–Crippen LogP) is 5.44. The van der Waals surface area contributed by atoms with E-state index in [4.69, 9.17) is 0 Å². The quantitative estimate of drug-likeness (QED) is 0.158. The molecule has 0 aliphatic carbocycles. The highest BCUT2D eigenvalue weighted by Crippen LogP contribution is 2.00. The molecule has 0 atom stereocenters. The molecule has 0 fully saturated rings. The molecule has 0 aromatic carbocycles. The molecule has 0 saturated carbocycles. The van der Waals surface area contributed by atoms with Crippen molar-refractivity contribution in [2.75, 3.05) is 0 Å². The second-order valence-corrected chi connectivity index (χ2v) is 5.31. The lowest BCUT2D eigenvalue weighted by Crippen LogP contribution is -2.06. The number of hydrogen-bond donors (Lipinski definition) is 0. The van der Waals surface area contributed by atoms with Crippen LogP contribution in [0, 0.1) is 0 Å². The molecule has 0 heterocycles. The molecule has 0 aliphatic heterocycles. The molecule has 0 aromatic heterocycles. The lowest BCUT2D eigenvalue weighted by atomic mass is 10.2. The van der Waals surface area contributed by atoms with Crippen LogP contribution in [0.25, 0.3) is 0 Å². The van der Waals surface area contributed by atoms with Crippen LogP contribution in [0.1, 0.15) is 65.2 Å². The van der Waals surface area contributed by atoms with Crippen LogP contribution >= 0.6 is 0 Å².